The Morgan fingerprint density at radius 2 is 2.43 bits per heavy atom. The molecule has 1 aliphatic rings. The quantitative estimate of drug-likeness (QED) is 0.757. The molecular formula is C11H13ClOS. The number of rotatable bonds is 2. The predicted molar refractivity (Wildman–Crippen MR) is 59.9 cm³/mol. The summed E-state index contributed by atoms with van der Waals surface area (Å²) in [5, 5.41) is 2.88. The molecule has 1 aromatic heterocycles. The number of halogens is 1. The van der Waals surface area contributed by atoms with Gasteiger partial charge in [0.05, 0.1) is 5.02 Å². The topological polar surface area (TPSA) is 17.1 Å². The van der Waals surface area contributed by atoms with Gasteiger partial charge in [0.1, 0.15) is 5.78 Å². The highest BCUT2D eigenvalue weighted by atomic mass is 35.5. The van der Waals surface area contributed by atoms with Crippen molar-refractivity contribution in [3.05, 3.63) is 21.3 Å². The molecule has 1 saturated carbocycles. The van der Waals surface area contributed by atoms with E-state index in [2.05, 4.69) is 0 Å². The Labute approximate surface area is 93.1 Å². The fourth-order valence-electron chi connectivity index (χ4n) is 2.06. The number of thiophene rings is 1. The summed E-state index contributed by atoms with van der Waals surface area (Å²) in [6.45, 7) is 2.04. The van der Waals surface area contributed by atoms with E-state index in [1.54, 1.807) is 11.3 Å². The standard InChI is InChI=1S/C11H13ClOS/c1-7-8(2-3-10(7)13)6-11-9(12)4-5-14-11/h4-5,7-8H,2-3,6H2,1H3. The zero-order valence-electron chi connectivity index (χ0n) is 8.13. The minimum atomic E-state index is 0.230. The SMILES string of the molecule is CC1C(=O)CCC1Cc1sccc1Cl. The largest absolute Gasteiger partial charge is 0.299 e. The molecule has 1 fully saturated rings. The molecule has 3 heteroatoms. The highest BCUT2D eigenvalue weighted by Gasteiger charge is 2.31. The van der Waals surface area contributed by atoms with Gasteiger partial charge in [0.2, 0.25) is 0 Å². The van der Waals surface area contributed by atoms with Crippen LogP contribution < -0.4 is 0 Å². The van der Waals surface area contributed by atoms with Gasteiger partial charge in [0.15, 0.2) is 0 Å². The van der Waals surface area contributed by atoms with Crippen molar-refractivity contribution in [3.63, 3.8) is 0 Å². The van der Waals surface area contributed by atoms with Gasteiger partial charge in [-0.3, -0.25) is 4.79 Å². The van der Waals surface area contributed by atoms with Crippen molar-refractivity contribution < 1.29 is 4.79 Å². The Bertz CT molecular complexity index is 345. The van der Waals surface area contributed by atoms with Crippen molar-refractivity contribution in [3.8, 4) is 0 Å². The first-order chi connectivity index (χ1) is 6.68. The number of carbonyl (C=O) groups excluding carboxylic acids is 1. The van der Waals surface area contributed by atoms with E-state index in [4.69, 9.17) is 11.6 Å². The second-order valence-corrected chi connectivity index (χ2v) is 5.36. The molecule has 0 aliphatic heterocycles. The Hall–Kier alpha value is -0.340. The second kappa shape index (κ2) is 4.03. The lowest BCUT2D eigenvalue weighted by atomic mass is 9.94. The van der Waals surface area contributed by atoms with Crippen molar-refractivity contribution in [2.24, 2.45) is 11.8 Å². The van der Waals surface area contributed by atoms with Gasteiger partial charge < -0.3 is 0 Å². The van der Waals surface area contributed by atoms with E-state index in [1.165, 1.54) is 4.88 Å². The molecule has 1 heterocycles. The van der Waals surface area contributed by atoms with Crippen molar-refractivity contribution in [2.75, 3.05) is 0 Å². The molecule has 0 aromatic carbocycles. The normalized spacial score (nSPS) is 27.1. The average Bonchev–Trinajstić information content (AvgIpc) is 2.68. The molecule has 0 saturated heterocycles. The van der Waals surface area contributed by atoms with E-state index in [-0.39, 0.29) is 5.92 Å². The van der Waals surface area contributed by atoms with Crippen LogP contribution in [-0.4, -0.2) is 5.78 Å². The van der Waals surface area contributed by atoms with Crippen molar-refractivity contribution >= 4 is 28.7 Å². The van der Waals surface area contributed by atoms with E-state index in [9.17, 15) is 4.79 Å². The molecule has 1 aromatic rings. The number of hydrogen-bond donors (Lipinski definition) is 0. The van der Waals surface area contributed by atoms with E-state index in [1.807, 2.05) is 18.4 Å². The van der Waals surface area contributed by atoms with Crippen molar-refractivity contribution in [1.82, 2.24) is 0 Å². The first kappa shape index (κ1) is 10.2. The van der Waals surface area contributed by atoms with E-state index in [0.29, 0.717) is 11.7 Å². The van der Waals surface area contributed by atoms with E-state index >= 15 is 0 Å². The summed E-state index contributed by atoms with van der Waals surface area (Å²) in [6.07, 6.45) is 2.77. The van der Waals surface area contributed by atoms with Gasteiger partial charge in [-0.2, -0.15) is 0 Å². The van der Waals surface area contributed by atoms with Crippen LogP contribution in [0.25, 0.3) is 0 Å². The van der Waals surface area contributed by atoms with Gasteiger partial charge in [-0.15, -0.1) is 11.3 Å². The number of hydrogen-bond acceptors (Lipinski definition) is 2. The van der Waals surface area contributed by atoms with Crippen LogP contribution in [0.1, 0.15) is 24.6 Å². The summed E-state index contributed by atoms with van der Waals surface area (Å²) >= 11 is 7.72. The van der Waals surface area contributed by atoms with Crippen molar-refractivity contribution in [1.29, 1.82) is 0 Å². The van der Waals surface area contributed by atoms with Gasteiger partial charge in [-0.1, -0.05) is 18.5 Å². The van der Waals surface area contributed by atoms with E-state index < -0.39 is 0 Å². The molecule has 0 radical (unpaired) electrons. The monoisotopic (exact) mass is 228 g/mol. The average molecular weight is 229 g/mol. The minimum Gasteiger partial charge on any atom is -0.299 e. The molecular weight excluding hydrogens is 216 g/mol. The molecule has 2 unspecified atom stereocenters. The Balaban J connectivity index is 2.05. The molecule has 2 rings (SSSR count). The molecule has 0 N–H and O–H groups in total. The zero-order chi connectivity index (χ0) is 10.1. The van der Waals surface area contributed by atoms with Gasteiger partial charge in [-0.05, 0) is 30.2 Å². The fourth-order valence-corrected chi connectivity index (χ4v) is 3.26. The van der Waals surface area contributed by atoms with Gasteiger partial charge >= 0.3 is 0 Å². The third-order valence-electron chi connectivity index (χ3n) is 3.12. The van der Waals surface area contributed by atoms with Crippen LogP contribution in [0.4, 0.5) is 0 Å². The van der Waals surface area contributed by atoms with Crippen LogP contribution in [0.3, 0.4) is 0 Å². The van der Waals surface area contributed by atoms with Gasteiger partial charge in [-0.25, -0.2) is 0 Å². The molecule has 0 spiro atoms. The van der Waals surface area contributed by atoms with Crippen LogP contribution in [0.15, 0.2) is 11.4 Å². The zero-order valence-corrected chi connectivity index (χ0v) is 9.70. The number of Topliss-reactive ketones (excluding diaryl/α,β-unsaturated/α-hetero) is 1. The third kappa shape index (κ3) is 1.86. The van der Waals surface area contributed by atoms with Gasteiger partial charge in [0, 0.05) is 17.2 Å². The Morgan fingerprint density at radius 3 is 2.93 bits per heavy atom. The third-order valence-corrected chi connectivity index (χ3v) is 4.52. The highest BCUT2D eigenvalue weighted by molar-refractivity contribution is 7.10. The molecule has 14 heavy (non-hydrogen) atoms. The summed E-state index contributed by atoms with van der Waals surface area (Å²) in [5.74, 6) is 1.16. The summed E-state index contributed by atoms with van der Waals surface area (Å²) in [6, 6.07) is 1.93. The predicted octanol–water partition coefficient (Wildman–Crippen LogP) is 3.56. The molecule has 2 atom stereocenters. The maximum absolute atomic E-state index is 11.4. The summed E-state index contributed by atoms with van der Waals surface area (Å²) in [7, 11) is 0. The smallest absolute Gasteiger partial charge is 0.136 e. The molecule has 0 bridgehead atoms. The van der Waals surface area contributed by atoms with Crippen LogP contribution in [-0.2, 0) is 11.2 Å². The molecule has 0 amide bonds. The van der Waals surface area contributed by atoms with Crippen LogP contribution in [0.2, 0.25) is 5.02 Å². The van der Waals surface area contributed by atoms with Crippen LogP contribution in [0.5, 0.6) is 0 Å². The Morgan fingerprint density at radius 1 is 1.64 bits per heavy atom. The maximum atomic E-state index is 11.4. The maximum Gasteiger partial charge on any atom is 0.136 e. The first-order valence-electron chi connectivity index (χ1n) is 4.93. The van der Waals surface area contributed by atoms with E-state index in [0.717, 1.165) is 24.3 Å². The second-order valence-electron chi connectivity index (χ2n) is 3.95. The van der Waals surface area contributed by atoms with Gasteiger partial charge in [0.25, 0.3) is 0 Å². The van der Waals surface area contributed by atoms with Crippen molar-refractivity contribution in [2.45, 2.75) is 26.2 Å². The van der Waals surface area contributed by atoms with Crippen LogP contribution >= 0.6 is 22.9 Å². The summed E-state index contributed by atoms with van der Waals surface area (Å²) < 4.78 is 0. The fraction of sp³-hybridized carbons (Fsp3) is 0.545. The lowest BCUT2D eigenvalue weighted by Gasteiger charge is -2.12. The lowest BCUT2D eigenvalue weighted by Crippen LogP contribution is -2.12. The highest BCUT2D eigenvalue weighted by Crippen LogP contribution is 2.34. The number of carbonyl (C=O) groups is 1. The Kier molecular flexibility index (Phi) is 2.93. The minimum absolute atomic E-state index is 0.230. The first-order valence-corrected chi connectivity index (χ1v) is 6.19. The number of ketones is 1. The van der Waals surface area contributed by atoms with Crippen LogP contribution in [0, 0.1) is 11.8 Å². The summed E-state index contributed by atoms with van der Waals surface area (Å²) in [4.78, 5) is 12.6. The molecule has 76 valence electrons. The molecule has 1 nitrogen and oxygen atoms in total. The molecule has 1 aliphatic carbocycles. The summed E-state index contributed by atoms with van der Waals surface area (Å²) in [5.41, 5.74) is 0. The lowest BCUT2D eigenvalue weighted by molar-refractivity contribution is -0.120.